The smallest absolute Gasteiger partial charge is 0.156 e. The van der Waals surface area contributed by atoms with Gasteiger partial charge < -0.3 is 5.84 Å². The maximum atomic E-state index is 6.00. The number of hydrogen-bond acceptors (Lipinski definition) is 3. The first-order chi connectivity index (χ1) is 2.41. The van der Waals surface area contributed by atoms with E-state index in [1.165, 1.54) is 0 Å². The van der Waals surface area contributed by atoms with E-state index in [4.69, 9.17) is 5.53 Å². The highest BCUT2D eigenvalue weighted by Crippen LogP contribution is 1.44. The second kappa shape index (κ2) is 8.82. The Balaban J connectivity index is 0. The Morgan fingerprint density at radius 1 is 1.67 bits per heavy atom. The Morgan fingerprint density at radius 3 is 2.17 bits per heavy atom. The van der Waals surface area contributed by atoms with Gasteiger partial charge in [-0.05, 0) is 0 Å². The number of nitrogens with two attached hydrogens (primary N) is 1. The molecule has 0 saturated carbocycles. The van der Waals surface area contributed by atoms with Gasteiger partial charge in [-0.25, -0.2) is 5.53 Å². The molecular weight excluding hydrogens is 99.0 g/mol. The highest BCUT2D eigenvalue weighted by atomic mass is 31.0. The topological polar surface area (TPSA) is 74.6 Å². The second-order valence-electron chi connectivity index (χ2n) is 0.394. The summed E-state index contributed by atoms with van der Waals surface area (Å²) < 4.78 is 0. The molecule has 4 nitrogen and oxygen atoms in total. The quantitative estimate of drug-likeness (QED) is 0.121. The number of nitrogens with one attached hydrogen (secondary N) is 1. The van der Waals surface area contributed by atoms with Gasteiger partial charge in [0.1, 0.15) is 0 Å². The van der Waals surface area contributed by atoms with Crippen LogP contribution in [0.4, 0.5) is 0 Å². The van der Waals surface area contributed by atoms with E-state index in [1.807, 2.05) is 0 Å². The number of rotatable bonds is 1. The Labute approximate surface area is 38.9 Å². The molecule has 0 aliphatic carbocycles. The van der Waals surface area contributed by atoms with E-state index in [0.717, 1.165) is 6.34 Å². The minimum absolute atomic E-state index is 0. The van der Waals surface area contributed by atoms with Gasteiger partial charge in [-0.15, -0.1) is 5.11 Å². The highest BCUT2D eigenvalue weighted by molar-refractivity contribution is 6.92. The van der Waals surface area contributed by atoms with Crippen LogP contribution in [-0.2, 0) is 0 Å². The molecule has 0 heterocycles. The van der Waals surface area contributed by atoms with Crippen molar-refractivity contribution in [3.05, 3.63) is 0 Å². The summed E-state index contributed by atoms with van der Waals surface area (Å²) in [5.41, 5.74) is 6.00. The zero-order valence-corrected chi connectivity index (χ0v) is 4.67. The van der Waals surface area contributed by atoms with E-state index < -0.39 is 0 Å². The molecule has 0 bridgehead atoms. The molecule has 0 aromatic rings. The van der Waals surface area contributed by atoms with Gasteiger partial charge in [0, 0.05) is 0 Å². The van der Waals surface area contributed by atoms with E-state index in [-0.39, 0.29) is 9.90 Å². The van der Waals surface area contributed by atoms with Crippen LogP contribution in [0.3, 0.4) is 0 Å². The monoisotopic (exact) mass is 106 g/mol. The molecule has 1 atom stereocenters. The lowest BCUT2D eigenvalue weighted by atomic mass is 11.4. The zero-order chi connectivity index (χ0) is 4.12. The summed E-state index contributed by atoms with van der Waals surface area (Å²) in [6, 6.07) is 0. The first-order valence-corrected chi connectivity index (χ1v) is 0.998. The van der Waals surface area contributed by atoms with Gasteiger partial charge in [0.25, 0.3) is 0 Å². The first kappa shape index (κ1) is 9.09. The summed E-state index contributed by atoms with van der Waals surface area (Å²) in [6.45, 7) is 0. The van der Waals surface area contributed by atoms with E-state index in [1.54, 1.807) is 0 Å². The molecule has 0 spiro atoms. The number of hydrogen-bond donors (Lipinski definition) is 2. The second-order valence-corrected chi connectivity index (χ2v) is 0.394. The van der Waals surface area contributed by atoms with Crippen molar-refractivity contribution in [2.75, 3.05) is 0 Å². The molecule has 0 aromatic carbocycles. The molecule has 0 saturated heterocycles. The van der Waals surface area contributed by atoms with Crippen LogP contribution in [0.2, 0.25) is 0 Å². The van der Waals surface area contributed by atoms with Crippen LogP contribution in [-0.4, -0.2) is 6.34 Å². The molecule has 0 radical (unpaired) electrons. The van der Waals surface area contributed by atoms with E-state index in [2.05, 4.69) is 16.1 Å². The molecule has 0 aliphatic rings. The normalized spacial score (nSPS) is 7.33. The predicted octanol–water partition coefficient (Wildman–Crippen LogP) is -0.0225. The van der Waals surface area contributed by atoms with Crippen molar-refractivity contribution in [2.45, 2.75) is 0 Å². The van der Waals surface area contributed by atoms with Gasteiger partial charge in [0.2, 0.25) is 0 Å². The third-order valence-electron chi connectivity index (χ3n) is 0.124. The van der Waals surface area contributed by atoms with Crippen molar-refractivity contribution in [1.82, 2.24) is 0 Å². The molecule has 5 heteroatoms. The molecular formula is CH7N4P. The SMILES string of the molecule is N=NC=NN.P. The lowest BCUT2D eigenvalue weighted by Gasteiger charge is -1.58. The van der Waals surface area contributed by atoms with Gasteiger partial charge in [-0.3, -0.25) is 0 Å². The fourth-order valence-corrected chi connectivity index (χ4v) is 0.0333. The number of hydrazone groups is 1. The Morgan fingerprint density at radius 2 is 2.17 bits per heavy atom. The molecule has 0 amide bonds. The Kier molecular flexibility index (Phi) is 13.4. The van der Waals surface area contributed by atoms with Crippen molar-refractivity contribution < 1.29 is 0 Å². The number of nitrogens with zero attached hydrogens (tertiary/aromatic N) is 2. The highest BCUT2D eigenvalue weighted by Gasteiger charge is 1.43. The van der Waals surface area contributed by atoms with Crippen molar-refractivity contribution >= 4 is 16.2 Å². The van der Waals surface area contributed by atoms with Gasteiger partial charge >= 0.3 is 0 Å². The molecule has 6 heavy (non-hydrogen) atoms. The fourth-order valence-electron chi connectivity index (χ4n) is 0.0333. The zero-order valence-electron chi connectivity index (χ0n) is 3.26. The summed E-state index contributed by atoms with van der Waals surface area (Å²) >= 11 is 0. The lowest BCUT2D eigenvalue weighted by Crippen LogP contribution is -1.75. The van der Waals surface area contributed by atoms with Crippen molar-refractivity contribution in [1.29, 1.82) is 5.53 Å². The molecule has 0 aromatic heterocycles. The van der Waals surface area contributed by atoms with Crippen LogP contribution in [0.5, 0.6) is 0 Å². The van der Waals surface area contributed by atoms with Crippen LogP contribution in [0.1, 0.15) is 0 Å². The fraction of sp³-hybridized carbons (Fsp3) is 0. The summed E-state index contributed by atoms with van der Waals surface area (Å²) in [4.78, 5) is 0. The van der Waals surface area contributed by atoms with Crippen LogP contribution in [0.25, 0.3) is 0 Å². The molecule has 36 valence electrons. The molecule has 3 N–H and O–H groups in total. The molecule has 0 fully saturated rings. The first-order valence-electron chi connectivity index (χ1n) is 0.998. The average Bonchev–Trinajstić information content (AvgIpc) is 1.41. The summed E-state index contributed by atoms with van der Waals surface area (Å²) in [5, 5.41) is 5.56. The Bertz CT molecular complexity index is 49.5. The van der Waals surface area contributed by atoms with Crippen LogP contribution in [0.15, 0.2) is 10.2 Å². The average molecular weight is 106 g/mol. The lowest BCUT2D eigenvalue weighted by molar-refractivity contribution is 1.17. The van der Waals surface area contributed by atoms with Gasteiger partial charge in [0.05, 0.1) is 0 Å². The van der Waals surface area contributed by atoms with Gasteiger partial charge in [-0.2, -0.15) is 15.0 Å². The third-order valence-corrected chi connectivity index (χ3v) is 0.124. The molecule has 0 rings (SSSR count). The van der Waals surface area contributed by atoms with Crippen LogP contribution < -0.4 is 5.84 Å². The third kappa shape index (κ3) is 9.72. The minimum Gasteiger partial charge on any atom is -0.322 e. The van der Waals surface area contributed by atoms with Gasteiger partial charge in [0.15, 0.2) is 6.34 Å². The largest absolute Gasteiger partial charge is 0.322 e. The molecule has 1 unspecified atom stereocenters. The maximum absolute atomic E-state index is 6.00. The van der Waals surface area contributed by atoms with Gasteiger partial charge in [-0.1, -0.05) is 0 Å². The Hall–Kier alpha value is -0.500. The standard InChI is InChI=1S/CH4N4.H3P/c2-4-1-5-3;/h1-2H,3H2;1H3. The summed E-state index contributed by atoms with van der Waals surface area (Å²) in [6.07, 6.45) is 0.944. The van der Waals surface area contributed by atoms with Crippen LogP contribution in [0, 0.1) is 5.53 Å². The summed E-state index contributed by atoms with van der Waals surface area (Å²) in [7, 11) is 0. The van der Waals surface area contributed by atoms with E-state index in [9.17, 15) is 0 Å². The van der Waals surface area contributed by atoms with Crippen molar-refractivity contribution in [2.24, 2.45) is 16.1 Å². The van der Waals surface area contributed by atoms with Crippen molar-refractivity contribution in [3.8, 4) is 0 Å². The van der Waals surface area contributed by atoms with Crippen molar-refractivity contribution in [3.63, 3.8) is 0 Å². The predicted molar refractivity (Wildman–Crippen MR) is 28.9 cm³/mol. The maximum Gasteiger partial charge on any atom is 0.156 e. The van der Waals surface area contributed by atoms with E-state index >= 15 is 0 Å². The van der Waals surface area contributed by atoms with E-state index in [0.29, 0.717) is 0 Å². The molecule has 0 aliphatic heterocycles. The van der Waals surface area contributed by atoms with Crippen LogP contribution >= 0.6 is 9.90 Å². The summed E-state index contributed by atoms with van der Waals surface area (Å²) in [5.74, 6) is 4.49. The minimum atomic E-state index is 0.